The molecule has 0 atom stereocenters. The van der Waals surface area contributed by atoms with Crippen molar-refractivity contribution < 1.29 is 12.6 Å². The molecule has 0 rings (SSSR count). The van der Waals surface area contributed by atoms with Crippen molar-refractivity contribution in [2.24, 2.45) is 5.73 Å². The Morgan fingerprint density at radius 3 is 2.43 bits per heavy atom. The molecule has 0 aromatic heterocycles. The lowest BCUT2D eigenvalue weighted by Crippen LogP contribution is -2.18. The summed E-state index contributed by atoms with van der Waals surface area (Å²) in [7, 11) is 0.527. The Morgan fingerprint density at radius 1 is 1.29 bits per heavy atom. The molecular weight excluding hydrogens is 204 g/mol. The Bertz CT molecular complexity index is 227. The Labute approximate surface area is 86.3 Å². The molecule has 0 aromatic carbocycles. The van der Waals surface area contributed by atoms with Crippen LogP contribution in [0.15, 0.2) is 0 Å². The molecule has 0 aliphatic rings. The largest absolute Gasteiger partial charge is 0.330 e. The maximum Gasteiger partial charge on any atom is 0.267 e. The Balaban J connectivity index is 3.56. The molecule has 0 aromatic rings. The highest BCUT2D eigenvalue weighted by molar-refractivity contribution is 7.86. The molecule has 5 nitrogen and oxygen atoms in total. The average Bonchev–Trinajstić information content (AvgIpc) is 2.09. The molecule has 0 aliphatic carbocycles. The van der Waals surface area contributed by atoms with Gasteiger partial charge in [0.1, 0.15) is 0 Å². The van der Waals surface area contributed by atoms with Crippen LogP contribution in [-0.4, -0.2) is 52.9 Å². The summed E-state index contributed by atoms with van der Waals surface area (Å²) in [5.41, 5.74) is 5.20. The fourth-order valence-electron chi connectivity index (χ4n) is 0.886. The highest BCUT2D eigenvalue weighted by Crippen LogP contribution is 1.97. The molecule has 2 N–H and O–H groups in total. The van der Waals surface area contributed by atoms with Crippen LogP contribution in [0.3, 0.4) is 0 Å². The van der Waals surface area contributed by atoms with Crippen LogP contribution in [0.25, 0.3) is 0 Å². The molecule has 0 spiro atoms. The summed E-state index contributed by atoms with van der Waals surface area (Å²) in [6, 6.07) is 0. The predicted octanol–water partition coefficient (Wildman–Crippen LogP) is -0.367. The van der Waals surface area contributed by atoms with Gasteiger partial charge in [-0.3, -0.25) is 4.18 Å². The zero-order chi connectivity index (χ0) is 11.0. The maximum absolute atomic E-state index is 11.1. The summed E-state index contributed by atoms with van der Waals surface area (Å²) in [5.74, 6) is 0.0193. The number of rotatable bonds is 8. The zero-order valence-electron chi connectivity index (χ0n) is 8.90. The fourth-order valence-corrected chi connectivity index (χ4v) is 1.90. The minimum absolute atomic E-state index is 0.0193. The maximum atomic E-state index is 11.1. The smallest absolute Gasteiger partial charge is 0.267 e. The molecule has 0 bridgehead atoms. The van der Waals surface area contributed by atoms with E-state index in [4.69, 9.17) is 9.92 Å². The minimum atomic E-state index is -3.34. The molecule has 0 unspecified atom stereocenters. The van der Waals surface area contributed by atoms with Gasteiger partial charge in [-0.05, 0) is 40.0 Å². The van der Waals surface area contributed by atoms with Crippen molar-refractivity contribution in [3.63, 3.8) is 0 Å². The highest BCUT2D eigenvalue weighted by atomic mass is 32.2. The average molecular weight is 224 g/mol. The third-order valence-corrected chi connectivity index (χ3v) is 2.93. The number of nitrogens with zero attached hydrogens (tertiary/aromatic N) is 1. The van der Waals surface area contributed by atoms with Gasteiger partial charge in [0.25, 0.3) is 10.1 Å². The van der Waals surface area contributed by atoms with Gasteiger partial charge in [0, 0.05) is 0 Å². The molecule has 0 fully saturated rings. The highest BCUT2D eigenvalue weighted by Gasteiger charge is 2.09. The fraction of sp³-hybridized carbons (Fsp3) is 1.00. The summed E-state index contributed by atoms with van der Waals surface area (Å²) < 4.78 is 27.1. The second kappa shape index (κ2) is 7.17. The summed E-state index contributed by atoms with van der Waals surface area (Å²) in [6.45, 7) is 1.46. The van der Waals surface area contributed by atoms with E-state index in [-0.39, 0.29) is 12.4 Å². The van der Waals surface area contributed by atoms with Crippen molar-refractivity contribution >= 4 is 10.1 Å². The van der Waals surface area contributed by atoms with Crippen LogP contribution < -0.4 is 5.73 Å². The summed E-state index contributed by atoms with van der Waals surface area (Å²) >= 11 is 0. The van der Waals surface area contributed by atoms with Gasteiger partial charge in [-0.25, -0.2) is 0 Å². The van der Waals surface area contributed by atoms with E-state index in [2.05, 4.69) is 0 Å². The zero-order valence-corrected chi connectivity index (χ0v) is 9.72. The van der Waals surface area contributed by atoms with Crippen LogP contribution >= 0.6 is 0 Å². The first kappa shape index (κ1) is 13.8. The van der Waals surface area contributed by atoms with E-state index in [0.717, 1.165) is 13.0 Å². The molecule has 14 heavy (non-hydrogen) atoms. The first-order valence-corrected chi connectivity index (χ1v) is 6.27. The molecule has 0 amide bonds. The van der Waals surface area contributed by atoms with Crippen LogP contribution in [0.4, 0.5) is 0 Å². The Morgan fingerprint density at radius 2 is 1.93 bits per heavy atom. The van der Waals surface area contributed by atoms with E-state index in [9.17, 15) is 8.42 Å². The van der Waals surface area contributed by atoms with Crippen LogP contribution in [0.5, 0.6) is 0 Å². The lowest BCUT2D eigenvalue weighted by atomic mass is 10.4. The van der Waals surface area contributed by atoms with Gasteiger partial charge in [-0.15, -0.1) is 0 Å². The van der Waals surface area contributed by atoms with Gasteiger partial charge in [-0.2, -0.15) is 8.42 Å². The lowest BCUT2D eigenvalue weighted by Gasteiger charge is -2.09. The monoisotopic (exact) mass is 224 g/mol. The molecule has 0 heterocycles. The van der Waals surface area contributed by atoms with Crippen LogP contribution in [0.1, 0.15) is 12.8 Å². The van der Waals surface area contributed by atoms with Crippen LogP contribution in [0, 0.1) is 0 Å². The van der Waals surface area contributed by atoms with E-state index >= 15 is 0 Å². The van der Waals surface area contributed by atoms with E-state index < -0.39 is 10.1 Å². The van der Waals surface area contributed by atoms with Crippen molar-refractivity contribution in [2.75, 3.05) is 39.5 Å². The molecular formula is C8H20N2O3S. The second-order valence-corrected chi connectivity index (χ2v) is 5.14. The SMILES string of the molecule is CN(C)CCCOS(=O)(=O)CCCN. The first-order chi connectivity index (χ1) is 6.48. The minimum Gasteiger partial charge on any atom is -0.330 e. The Hall–Kier alpha value is -0.170. The van der Waals surface area contributed by atoms with Crippen LogP contribution in [-0.2, 0) is 14.3 Å². The van der Waals surface area contributed by atoms with Gasteiger partial charge < -0.3 is 10.6 Å². The third-order valence-electron chi connectivity index (χ3n) is 1.61. The molecule has 86 valence electrons. The quantitative estimate of drug-likeness (QED) is 0.450. The number of hydrogen-bond donors (Lipinski definition) is 1. The number of hydrogen-bond acceptors (Lipinski definition) is 5. The summed E-state index contributed by atoms with van der Waals surface area (Å²) in [6.07, 6.45) is 1.17. The topological polar surface area (TPSA) is 72.6 Å². The van der Waals surface area contributed by atoms with Gasteiger partial charge in [-0.1, -0.05) is 0 Å². The number of nitrogens with two attached hydrogens (primary N) is 1. The van der Waals surface area contributed by atoms with Crippen molar-refractivity contribution in [3.05, 3.63) is 0 Å². The van der Waals surface area contributed by atoms with E-state index in [0.29, 0.717) is 13.0 Å². The Kier molecular flexibility index (Phi) is 7.08. The van der Waals surface area contributed by atoms with Gasteiger partial charge in [0.2, 0.25) is 0 Å². The molecule has 0 saturated carbocycles. The van der Waals surface area contributed by atoms with Crippen molar-refractivity contribution in [1.82, 2.24) is 4.90 Å². The molecule has 0 radical (unpaired) electrons. The van der Waals surface area contributed by atoms with Gasteiger partial charge in [0.15, 0.2) is 0 Å². The van der Waals surface area contributed by atoms with Crippen molar-refractivity contribution in [2.45, 2.75) is 12.8 Å². The van der Waals surface area contributed by atoms with Gasteiger partial charge >= 0.3 is 0 Å². The summed E-state index contributed by atoms with van der Waals surface area (Å²) in [4.78, 5) is 1.98. The van der Waals surface area contributed by atoms with Crippen molar-refractivity contribution in [1.29, 1.82) is 0 Å². The molecule has 0 aliphatic heterocycles. The normalized spacial score (nSPS) is 12.3. The van der Waals surface area contributed by atoms with E-state index in [1.54, 1.807) is 0 Å². The molecule has 6 heteroatoms. The molecule has 0 saturated heterocycles. The standard InChI is InChI=1S/C8H20N2O3S/c1-10(2)6-4-7-13-14(11,12)8-3-5-9/h3-9H2,1-2H3. The lowest BCUT2D eigenvalue weighted by molar-refractivity contribution is 0.284. The van der Waals surface area contributed by atoms with Crippen molar-refractivity contribution in [3.8, 4) is 0 Å². The third kappa shape index (κ3) is 8.43. The van der Waals surface area contributed by atoms with E-state index in [1.165, 1.54) is 0 Å². The van der Waals surface area contributed by atoms with E-state index in [1.807, 2.05) is 19.0 Å². The van der Waals surface area contributed by atoms with Gasteiger partial charge in [0.05, 0.1) is 12.4 Å². The van der Waals surface area contributed by atoms with Crippen LogP contribution in [0.2, 0.25) is 0 Å². The summed E-state index contributed by atoms with van der Waals surface area (Å²) in [5, 5.41) is 0. The second-order valence-electron chi connectivity index (χ2n) is 3.38. The predicted molar refractivity (Wildman–Crippen MR) is 56.6 cm³/mol. The first-order valence-electron chi connectivity index (χ1n) is 4.70.